The van der Waals surface area contributed by atoms with Crippen LogP contribution in [-0.2, 0) is 6.42 Å². The molecule has 2 aromatic rings. The van der Waals surface area contributed by atoms with Gasteiger partial charge in [-0.3, -0.25) is 0 Å². The minimum atomic E-state index is 0.173. The monoisotopic (exact) mass is 347 g/mol. The van der Waals surface area contributed by atoms with Crippen molar-refractivity contribution in [1.29, 1.82) is 0 Å². The van der Waals surface area contributed by atoms with Gasteiger partial charge in [0.05, 0.1) is 22.0 Å². The minimum absolute atomic E-state index is 0.173. The van der Waals surface area contributed by atoms with Gasteiger partial charge in [0.1, 0.15) is 5.76 Å². The first-order chi connectivity index (χ1) is 8.56. The first kappa shape index (κ1) is 13.8. The molecule has 2 rings (SSSR count). The van der Waals surface area contributed by atoms with Crippen LogP contribution in [0.5, 0.6) is 0 Å². The van der Waals surface area contributed by atoms with Gasteiger partial charge in [-0.2, -0.15) is 0 Å². The Morgan fingerprint density at radius 2 is 2.00 bits per heavy atom. The van der Waals surface area contributed by atoms with Gasteiger partial charge in [0.2, 0.25) is 0 Å². The Kier molecular flexibility index (Phi) is 4.60. The molecule has 1 aromatic heterocycles. The molecular weight excluding hydrogens is 337 g/mol. The van der Waals surface area contributed by atoms with Crippen molar-refractivity contribution in [2.24, 2.45) is 0 Å². The molecular formula is C13H12BrCl2NO. The smallest absolute Gasteiger partial charge is 0.105 e. The quantitative estimate of drug-likeness (QED) is 0.801. The van der Waals surface area contributed by atoms with Gasteiger partial charge in [-0.15, -0.1) is 0 Å². The molecule has 1 aromatic carbocycles. The van der Waals surface area contributed by atoms with E-state index in [1.807, 2.05) is 24.3 Å². The summed E-state index contributed by atoms with van der Waals surface area (Å²) in [6, 6.07) is 7.63. The fourth-order valence-corrected chi connectivity index (χ4v) is 3.03. The van der Waals surface area contributed by atoms with E-state index in [2.05, 4.69) is 28.2 Å². The number of halogens is 3. The Labute approximate surface area is 124 Å². The van der Waals surface area contributed by atoms with E-state index in [0.717, 1.165) is 22.3 Å². The van der Waals surface area contributed by atoms with E-state index in [0.29, 0.717) is 10.0 Å². The van der Waals surface area contributed by atoms with Crippen LogP contribution in [0.1, 0.15) is 12.7 Å². The van der Waals surface area contributed by atoms with Crippen LogP contribution in [-0.4, -0.2) is 6.04 Å². The summed E-state index contributed by atoms with van der Waals surface area (Å²) in [4.78, 5) is 0. The maximum Gasteiger partial charge on any atom is 0.105 e. The Morgan fingerprint density at radius 3 is 2.56 bits per heavy atom. The van der Waals surface area contributed by atoms with Crippen LogP contribution < -0.4 is 5.32 Å². The van der Waals surface area contributed by atoms with Gasteiger partial charge >= 0.3 is 0 Å². The van der Waals surface area contributed by atoms with Crippen molar-refractivity contribution in [3.05, 3.63) is 50.8 Å². The molecule has 0 radical (unpaired) electrons. The number of hydrogen-bond donors (Lipinski definition) is 1. The molecule has 5 heteroatoms. The van der Waals surface area contributed by atoms with E-state index in [9.17, 15) is 0 Å². The van der Waals surface area contributed by atoms with Gasteiger partial charge in [-0.1, -0.05) is 39.1 Å². The zero-order valence-electron chi connectivity index (χ0n) is 9.71. The molecule has 1 atom stereocenters. The second-order valence-corrected chi connectivity index (χ2v) is 5.80. The van der Waals surface area contributed by atoms with E-state index in [4.69, 9.17) is 27.6 Å². The van der Waals surface area contributed by atoms with Crippen LogP contribution in [0.15, 0.2) is 39.4 Å². The summed E-state index contributed by atoms with van der Waals surface area (Å²) in [7, 11) is 0. The zero-order chi connectivity index (χ0) is 13.1. The predicted octanol–water partition coefficient (Wildman–Crippen LogP) is 5.39. The van der Waals surface area contributed by atoms with Crippen molar-refractivity contribution in [3.63, 3.8) is 0 Å². The molecule has 2 nitrogen and oxygen atoms in total. The van der Waals surface area contributed by atoms with Crippen LogP contribution in [0.3, 0.4) is 0 Å². The van der Waals surface area contributed by atoms with Gasteiger partial charge < -0.3 is 9.73 Å². The summed E-state index contributed by atoms with van der Waals surface area (Å²) in [6.07, 6.45) is 2.44. The fourth-order valence-electron chi connectivity index (χ4n) is 1.71. The molecule has 18 heavy (non-hydrogen) atoms. The van der Waals surface area contributed by atoms with Crippen molar-refractivity contribution in [2.75, 3.05) is 5.32 Å². The summed E-state index contributed by atoms with van der Waals surface area (Å²) in [5, 5.41) is 4.49. The topological polar surface area (TPSA) is 25.2 Å². The Morgan fingerprint density at radius 1 is 1.33 bits per heavy atom. The van der Waals surface area contributed by atoms with Crippen molar-refractivity contribution in [1.82, 2.24) is 0 Å². The molecule has 1 unspecified atom stereocenters. The summed E-state index contributed by atoms with van der Waals surface area (Å²) in [6.45, 7) is 2.05. The minimum Gasteiger partial charge on any atom is -0.469 e. The van der Waals surface area contributed by atoms with E-state index < -0.39 is 0 Å². The molecule has 0 saturated carbocycles. The van der Waals surface area contributed by atoms with Crippen LogP contribution in [0.25, 0.3) is 0 Å². The number of nitrogens with one attached hydrogen (secondary N) is 1. The van der Waals surface area contributed by atoms with E-state index >= 15 is 0 Å². The molecule has 0 fully saturated rings. The van der Waals surface area contributed by atoms with Gasteiger partial charge in [0.15, 0.2) is 0 Å². The molecule has 1 N–H and O–H groups in total. The summed E-state index contributed by atoms with van der Waals surface area (Å²) < 4.78 is 6.17. The Balaban J connectivity index is 2.09. The normalized spacial score (nSPS) is 12.4. The third-order valence-corrected chi connectivity index (χ3v) is 3.54. The van der Waals surface area contributed by atoms with Crippen LogP contribution in [0.2, 0.25) is 10.0 Å². The molecule has 0 bridgehead atoms. The molecule has 0 spiro atoms. The number of hydrogen-bond acceptors (Lipinski definition) is 2. The van der Waals surface area contributed by atoms with Gasteiger partial charge in [-0.25, -0.2) is 0 Å². The van der Waals surface area contributed by atoms with Crippen LogP contribution in [0.4, 0.5) is 5.69 Å². The number of benzene rings is 1. The summed E-state index contributed by atoms with van der Waals surface area (Å²) in [5.74, 6) is 0.930. The highest BCUT2D eigenvalue weighted by molar-refractivity contribution is 9.10. The van der Waals surface area contributed by atoms with E-state index in [-0.39, 0.29) is 6.04 Å². The van der Waals surface area contributed by atoms with Gasteiger partial charge in [-0.05, 0) is 31.2 Å². The maximum absolute atomic E-state index is 6.16. The lowest BCUT2D eigenvalue weighted by atomic mass is 10.2. The lowest BCUT2D eigenvalue weighted by Gasteiger charge is -2.16. The first-order valence-corrected chi connectivity index (χ1v) is 7.04. The van der Waals surface area contributed by atoms with E-state index in [1.165, 1.54) is 0 Å². The lowest BCUT2D eigenvalue weighted by molar-refractivity contribution is 0.498. The highest BCUT2D eigenvalue weighted by Crippen LogP contribution is 2.34. The van der Waals surface area contributed by atoms with Crippen molar-refractivity contribution in [2.45, 2.75) is 19.4 Å². The largest absolute Gasteiger partial charge is 0.469 e. The summed E-state index contributed by atoms with van der Waals surface area (Å²) in [5.41, 5.74) is 0.751. The lowest BCUT2D eigenvalue weighted by Crippen LogP contribution is -2.18. The highest BCUT2D eigenvalue weighted by atomic mass is 79.9. The van der Waals surface area contributed by atoms with Crippen molar-refractivity contribution < 1.29 is 4.42 Å². The first-order valence-electron chi connectivity index (χ1n) is 5.49. The third-order valence-electron chi connectivity index (χ3n) is 2.49. The van der Waals surface area contributed by atoms with Crippen molar-refractivity contribution in [3.8, 4) is 0 Å². The molecule has 0 aliphatic heterocycles. The fraction of sp³-hybridized carbons (Fsp3) is 0.231. The second kappa shape index (κ2) is 6.00. The predicted molar refractivity (Wildman–Crippen MR) is 79.7 cm³/mol. The van der Waals surface area contributed by atoms with Crippen LogP contribution >= 0.6 is 39.1 Å². The van der Waals surface area contributed by atoms with E-state index in [1.54, 1.807) is 6.26 Å². The number of furan rings is 1. The number of rotatable bonds is 4. The molecule has 0 aliphatic carbocycles. The Hall–Kier alpha value is -0.640. The Bertz CT molecular complexity index is 505. The van der Waals surface area contributed by atoms with Crippen LogP contribution in [0, 0.1) is 0 Å². The summed E-state index contributed by atoms with van der Waals surface area (Å²) >= 11 is 15.7. The molecule has 1 heterocycles. The van der Waals surface area contributed by atoms with Gasteiger partial charge in [0.25, 0.3) is 0 Å². The van der Waals surface area contributed by atoms with Crippen molar-refractivity contribution >= 4 is 44.8 Å². The molecule has 96 valence electrons. The molecule has 0 amide bonds. The average molecular weight is 349 g/mol. The third kappa shape index (κ3) is 3.44. The second-order valence-electron chi connectivity index (χ2n) is 4.07. The number of anilines is 1. The average Bonchev–Trinajstić information content (AvgIpc) is 2.76. The SMILES string of the molecule is CC(Cc1ccco1)Nc1c(Cl)cc(Br)cc1Cl. The zero-order valence-corrected chi connectivity index (χ0v) is 12.8. The molecule has 0 aliphatic rings. The highest BCUT2D eigenvalue weighted by Gasteiger charge is 2.11. The van der Waals surface area contributed by atoms with Gasteiger partial charge in [0, 0.05) is 16.9 Å². The standard InChI is InChI=1S/C13H12BrCl2NO/c1-8(5-10-3-2-4-18-10)17-13-11(15)6-9(14)7-12(13)16/h2-4,6-8,17H,5H2,1H3. The molecule has 0 saturated heterocycles. The maximum atomic E-state index is 6.16.